The molecule has 1 amide bonds. The highest BCUT2D eigenvalue weighted by Crippen LogP contribution is 2.33. The largest absolute Gasteiger partial charge is 0.493 e. The maximum Gasteiger partial charge on any atom is 0.387 e. The number of alkyl halides is 2. The summed E-state index contributed by atoms with van der Waals surface area (Å²) >= 11 is 0. The third-order valence-corrected chi connectivity index (χ3v) is 4.72. The SMILES string of the molecule is CCc1ccc(C(CNC(=O)/C=C/c2cccc(OC)c2OC(F)F)N(C)C)cc1. The summed E-state index contributed by atoms with van der Waals surface area (Å²) in [5.74, 6) is -0.278. The zero-order valence-corrected chi connectivity index (χ0v) is 17.7. The molecule has 0 fully saturated rings. The van der Waals surface area contributed by atoms with Crippen molar-refractivity contribution in [1.29, 1.82) is 0 Å². The van der Waals surface area contributed by atoms with E-state index in [1.165, 1.54) is 30.9 Å². The third kappa shape index (κ3) is 6.56. The first-order valence-electron chi connectivity index (χ1n) is 9.68. The maximum atomic E-state index is 12.7. The van der Waals surface area contributed by atoms with Gasteiger partial charge in [-0.2, -0.15) is 8.78 Å². The number of methoxy groups -OCH3 is 1. The highest BCUT2D eigenvalue weighted by molar-refractivity contribution is 5.92. The lowest BCUT2D eigenvalue weighted by atomic mass is 10.0. The molecule has 0 aromatic heterocycles. The Morgan fingerprint density at radius 1 is 1.17 bits per heavy atom. The number of nitrogens with one attached hydrogen (secondary N) is 1. The highest BCUT2D eigenvalue weighted by Gasteiger charge is 2.16. The van der Waals surface area contributed by atoms with Crippen LogP contribution in [0.1, 0.15) is 29.7 Å². The van der Waals surface area contributed by atoms with Crippen LogP contribution in [0.3, 0.4) is 0 Å². The Balaban J connectivity index is 2.08. The number of carbonyl (C=O) groups excluding carboxylic acids is 1. The summed E-state index contributed by atoms with van der Waals surface area (Å²) in [6, 6.07) is 13.0. The fourth-order valence-corrected chi connectivity index (χ4v) is 3.04. The molecule has 162 valence electrons. The summed E-state index contributed by atoms with van der Waals surface area (Å²) in [6.07, 6.45) is 3.69. The Kier molecular flexibility index (Phi) is 8.80. The lowest BCUT2D eigenvalue weighted by Crippen LogP contribution is -2.33. The van der Waals surface area contributed by atoms with Gasteiger partial charge in [0.2, 0.25) is 5.91 Å². The third-order valence-electron chi connectivity index (χ3n) is 4.72. The summed E-state index contributed by atoms with van der Waals surface area (Å²) < 4.78 is 35.1. The fraction of sp³-hybridized carbons (Fsp3) is 0.348. The topological polar surface area (TPSA) is 50.8 Å². The van der Waals surface area contributed by atoms with E-state index >= 15 is 0 Å². The van der Waals surface area contributed by atoms with Crippen molar-refractivity contribution in [2.45, 2.75) is 26.0 Å². The fourth-order valence-electron chi connectivity index (χ4n) is 3.04. The van der Waals surface area contributed by atoms with Gasteiger partial charge in [-0.15, -0.1) is 0 Å². The molecule has 0 aliphatic rings. The number of nitrogens with zero attached hydrogens (tertiary/aromatic N) is 1. The van der Waals surface area contributed by atoms with Gasteiger partial charge in [0.1, 0.15) is 0 Å². The van der Waals surface area contributed by atoms with Gasteiger partial charge in [0, 0.05) is 18.2 Å². The van der Waals surface area contributed by atoms with Crippen LogP contribution in [-0.2, 0) is 11.2 Å². The Morgan fingerprint density at radius 3 is 2.43 bits per heavy atom. The quantitative estimate of drug-likeness (QED) is 0.585. The van der Waals surface area contributed by atoms with Gasteiger partial charge in [-0.3, -0.25) is 4.79 Å². The Morgan fingerprint density at radius 2 is 1.87 bits per heavy atom. The van der Waals surface area contributed by atoms with Gasteiger partial charge >= 0.3 is 6.61 Å². The van der Waals surface area contributed by atoms with Gasteiger partial charge in [0.15, 0.2) is 11.5 Å². The number of hydrogen-bond acceptors (Lipinski definition) is 4. The first-order chi connectivity index (χ1) is 14.3. The van der Waals surface area contributed by atoms with E-state index in [1.54, 1.807) is 12.1 Å². The molecule has 1 atom stereocenters. The number of ether oxygens (including phenoxy) is 2. The zero-order valence-electron chi connectivity index (χ0n) is 17.7. The number of benzene rings is 2. The summed E-state index contributed by atoms with van der Waals surface area (Å²) in [4.78, 5) is 14.4. The molecule has 1 unspecified atom stereocenters. The van der Waals surface area contributed by atoms with Gasteiger partial charge < -0.3 is 19.7 Å². The Hall–Kier alpha value is -2.93. The number of aryl methyl sites for hydroxylation is 1. The second-order valence-electron chi connectivity index (χ2n) is 6.91. The average Bonchev–Trinajstić information content (AvgIpc) is 2.72. The molecule has 30 heavy (non-hydrogen) atoms. The lowest BCUT2D eigenvalue weighted by molar-refractivity contribution is -0.116. The van der Waals surface area contributed by atoms with E-state index in [0.717, 1.165) is 12.0 Å². The van der Waals surface area contributed by atoms with Crippen molar-refractivity contribution < 1.29 is 23.0 Å². The summed E-state index contributed by atoms with van der Waals surface area (Å²) in [6.45, 7) is -0.493. The molecule has 0 heterocycles. The van der Waals surface area contributed by atoms with Gasteiger partial charge in [-0.05, 0) is 43.8 Å². The van der Waals surface area contributed by atoms with E-state index in [2.05, 4.69) is 41.2 Å². The minimum Gasteiger partial charge on any atom is -0.493 e. The molecule has 0 saturated carbocycles. The highest BCUT2D eigenvalue weighted by atomic mass is 19.3. The van der Waals surface area contributed by atoms with E-state index in [1.807, 2.05) is 19.0 Å². The Labute approximate surface area is 176 Å². The molecule has 0 saturated heterocycles. The van der Waals surface area contributed by atoms with Crippen molar-refractivity contribution in [3.8, 4) is 11.5 Å². The summed E-state index contributed by atoms with van der Waals surface area (Å²) in [5.41, 5.74) is 2.68. The van der Waals surface area contributed by atoms with E-state index in [9.17, 15) is 13.6 Å². The zero-order chi connectivity index (χ0) is 22.1. The monoisotopic (exact) mass is 418 g/mol. The maximum absolute atomic E-state index is 12.7. The average molecular weight is 418 g/mol. The molecular formula is C23H28F2N2O3. The number of rotatable bonds is 10. The predicted octanol–water partition coefficient (Wildman–Crippen LogP) is 4.29. The summed E-state index contributed by atoms with van der Waals surface area (Å²) in [5, 5.41) is 2.86. The summed E-state index contributed by atoms with van der Waals surface area (Å²) in [7, 11) is 5.26. The second kappa shape index (κ2) is 11.3. The van der Waals surface area contributed by atoms with E-state index in [4.69, 9.17) is 4.74 Å². The minimum atomic E-state index is -3.00. The molecule has 0 aliphatic heterocycles. The van der Waals surface area contributed by atoms with Crippen molar-refractivity contribution in [3.05, 3.63) is 65.2 Å². The van der Waals surface area contributed by atoms with Crippen molar-refractivity contribution in [3.63, 3.8) is 0 Å². The Bertz CT molecular complexity index is 852. The molecule has 0 radical (unpaired) electrons. The normalized spacial score (nSPS) is 12.4. The van der Waals surface area contributed by atoms with Crippen LogP contribution in [0.25, 0.3) is 6.08 Å². The molecular weight excluding hydrogens is 390 g/mol. The molecule has 1 N–H and O–H groups in total. The first-order valence-corrected chi connectivity index (χ1v) is 9.68. The predicted molar refractivity (Wildman–Crippen MR) is 114 cm³/mol. The number of hydrogen-bond donors (Lipinski definition) is 1. The molecule has 7 heteroatoms. The number of amides is 1. The number of carbonyl (C=O) groups is 1. The van der Waals surface area contributed by atoms with Gasteiger partial charge in [-0.1, -0.05) is 43.3 Å². The molecule has 0 spiro atoms. The van der Waals surface area contributed by atoms with Crippen molar-refractivity contribution >= 4 is 12.0 Å². The molecule has 0 aliphatic carbocycles. The van der Waals surface area contributed by atoms with Gasteiger partial charge in [-0.25, -0.2) is 0 Å². The second-order valence-corrected chi connectivity index (χ2v) is 6.91. The van der Waals surface area contributed by atoms with Crippen LogP contribution in [-0.4, -0.2) is 45.2 Å². The standard InChI is InChI=1S/C23H28F2N2O3/c1-5-16-9-11-17(12-10-16)19(27(2)3)15-26-21(28)14-13-18-7-6-8-20(29-4)22(18)30-23(24)25/h6-14,19,23H,5,15H2,1-4H3,(H,26,28)/b14-13+. The number of para-hydroxylation sites is 1. The van der Waals surface area contributed by atoms with Crippen LogP contribution < -0.4 is 14.8 Å². The van der Waals surface area contributed by atoms with Crippen LogP contribution in [0.2, 0.25) is 0 Å². The van der Waals surface area contributed by atoms with Crippen LogP contribution in [0.4, 0.5) is 8.78 Å². The van der Waals surface area contributed by atoms with Gasteiger partial charge in [0.05, 0.1) is 13.2 Å². The van der Waals surface area contributed by atoms with Crippen LogP contribution >= 0.6 is 0 Å². The van der Waals surface area contributed by atoms with E-state index < -0.39 is 6.61 Å². The molecule has 0 bridgehead atoms. The van der Waals surface area contributed by atoms with Crippen LogP contribution in [0.15, 0.2) is 48.5 Å². The van der Waals surface area contributed by atoms with Crippen molar-refractivity contribution in [2.75, 3.05) is 27.7 Å². The molecule has 2 aromatic carbocycles. The van der Waals surface area contributed by atoms with Gasteiger partial charge in [0.25, 0.3) is 0 Å². The number of halogens is 2. The van der Waals surface area contributed by atoms with Crippen LogP contribution in [0, 0.1) is 0 Å². The van der Waals surface area contributed by atoms with Crippen molar-refractivity contribution in [1.82, 2.24) is 10.2 Å². The lowest BCUT2D eigenvalue weighted by Gasteiger charge is -2.25. The van der Waals surface area contributed by atoms with Crippen molar-refractivity contribution in [2.24, 2.45) is 0 Å². The number of likely N-dealkylation sites (N-methyl/N-ethyl adjacent to an activating group) is 1. The van der Waals surface area contributed by atoms with E-state index in [-0.39, 0.29) is 23.4 Å². The molecule has 2 rings (SSSR count). The molecule has 5 nitrogen and oxygen atoms in total. The smallest absolute Gasteiger partial charge is 0.387 e. The van der Waals surface area contributed by atoms with E-state index in [0.29, 0.717) is 12.1 Å². The minimum absolute atomic E-state index is 0.00260. The first kappa shape index (κ1) is 23.3. The van der Waals surface area contributed by atoms with Crippen LogP contribution in [0.5, 0.6) is 11.5 Å². The molecule has 2 aromatic rings.